The van der Waals surface area contributed by atoms with E-state index in [9.17, 15) is 0 Å². The Bertz CT molecular complexity index is 651. The molecule has 0 saturated heterocycles. The van der Waals surface area contributed by atoms with Crippen LogP contribution < -0.4 is 14.8 Å². The Morgan fingerprint density at radius 3 is 3.05 bits per heavy atom. The molecular weight excluding hydrogens is 278 g/mol. The van der Waals surface area contributed by atoms with Crippen molar-refractivity contribution in [3.05, 3.63) is 41.2 Å². The fourth-order valence-electron chi connectivity index (χ4n) is 2.92. The molecule has 0 saturated carbocycles. The van der Waals surface area contributed by atoms with Gasteiger partial charge >= 0.3 is 0 Å². The first-order valence-electron chi connectivity index (χ1n) is 7.76. The smallest absolute Gasteiger partial charge is 0.164 e. The van der Waals surface area contributed by atoms with Gasteiger partial charge in [-0.05, 0) is 31.9 Å². The normalized spacial score (nSPS) is 17.0. The second-order valence-corrected chi connectivity index (χ2v) is 5.61. The molecule has 0 bridgehead atoms. The molecule has 1 aliphatic rings. The van der Waals surface area contributed by atoms with Crippen molar-refractivity contribution in [3.8, 4) is 11.5 Å². The number of fused-ring (bicyclic) bond motifs is 1. The number of aromatic nitrogens is 2. The van der Waals surface area contributed by atoms with Crippen LogP contribution in [-0.4, -0.2) is 29.5 Å². The van der Waals surface area contributed by atoms with Gasteiger partial charge in [0.25, 0.3) is 0 Å². The molecule has 1 N–H and O–H groups in total. The molecule has 0 amide bonds. The highest BCUT2D eigenvalue weighted by molar-refractivity contribution is 5.48. The van der Waals surface area contributed by atoms with Gasteiger partial charge in [0, 0.05) is 30.4 Å². The Hall–Kier alpha value is -2.01. The van der Waals surface area contributed by atoms with E-state index in [0.29, 0.717) is 12.6 Å². The van der Waals surface area contributed by atoms with E-state index in [-0.39, 0.29) is 0 Å². The summed E-state index contributed by atoms with van der Waals surface area (Å²) < 4.78 is 13.3. The van der Waals surface area contributed by atoms with Crippen LogP contribution in [0.2, 0.25) is 0 Å². The van der Waals surface area contributed by atoms with E-state index in [4.69, 9.17) is 9.47 Å². The van der Waals surface area contributed by atoms with E-state index in [1.165, 1.54) is 16.8 Å². The van der Waals surface area contributed by atoms with Crippen LogP contribution in [0.4, 0.5) is 0 Å². The third-order valence-corrected chi connectivity index (χ3v) is 4.26. The summed E-state index contributed by atoms with van der Waals surface area (Å²) in [6.45, 7) is 6.61. The van der Waals surface area contributed by atoms with Crippen molar-refractivity contribution in [1.29, 1.82) is 0 Å². The van der Waals surface area contributed by atoms with E-state index in [2.05, 4.69) is 30.3 Å². The molecule has 5 heteroatoms. The Kier molecular flexibility index (Phi) is 4.34. The minimum atomic E-state index is 0.309. The van der Waals surface area contributed by atoms with Crippen molar-refractivity contribution >= 4 is 0 Å². The quantitative estimate of drug-likeness (QED) is 0.920. The van der Waals surface area contributed by atoms with Crippen LogP contribution in [0.15, 0.2) is 24.4 Å². The molecule has 22 heavy (non-hydrogen) atoms. The standard InChI is InChI=1S/C17H23N3O2/c1-4-20-12(2)14(10-19-20)9-18-15-8-13-6-5-7-16(21-3)17(13)22-11-15/h5-7,10,15,18H,4,8-9,11H2,1-3H3/t15-/m1/s1. The topological polar surface area (TPSA) is 48.3 Å². The van der Waals surface area contributed by atoms with Gasteiger partial charge in [0.15, 0.2) is 11.5 Å². The van der Waals surface area contributed by atoms with Crippen molar-refractivity contribution in [2.24, 2.45) is 0 Å². The van der Waals surface area contributed by atoms with E-state index in [1.807, 2.05) is 23.0 Å². The minimum absolute atomic E-state index is 0.309. The lowest BCUT2D eigenvalue weighted by Gasteiger charge is -2.27. The molecule has 1 aliphatic heterocycles. The van der Waals surface area contributed by atoms with Gasteiger partial charge in [0.2, 0.25) is 0 Å². The monoisotopic (exact) mass is 301 g/mol. The maximum atomic E-state index is 5.89. The van der Waals surface area contributed by atoms with E-state index in [1.54, 1.807) is 7.11 Å². The first-order chi connectivity index (χ1) is 10.7. The molecule has 0 unspecified atom stereocenters. The van der Waals surface area contributed by atoms with E-state index in [0.717, 1.165) is 31.0 Å². The summed E-state index contributed by atoms with van der Waals surface area (Å²) in [6.07, 6.45) is 2.90. The first kappa shape index (κ1) is 14.9. The zero-order chi connectivity index (χ0) is 15.5. The van der Waals surface area contributed by atoms with Gasteiger partial charge in [0.1, 0.15) is 6.61 Å². The summed E-state index contributed by atoms with van der Waals surface area (Å²) >= 11 is 0. The second kappa shape index (κ2) is 6.40. The largest absolute Gasteiger partial charge is 0.493 e. The van der Waals surface area contributed by atoms with Crippen molar-refractivity contribution < 1.29 is 9.47 Å². The van der Waals surface area contributed by atoms with Gasteiger partial charge in [-0.2, -0.15) is 5.10 Å². The maximum absolute atomic E-state index is 5.89. The third-order valence-electron chi connectivity index (χ3n) is 4.26. The van der Waals surface area contributed by atoms with Gasteiger partial charge in [-0.25, -0.2) is 0 Å². The van der Waals surface area contributed by atoms with Crippen molar-refractivity contribution in [2.45, 2.75) is 39.4 Å². The zero-order valence-electron chi connectivity index (χ0n) is 13.4. The summed E-state index contributed by atoms with van der Waals surface area (Å²) in [7, 11) is 1.68. The van der Waals surface area contributed by atoms with Crippen LogP contribution >= 0.6 is 0 Å². The number of nitrogens with zero attached hydrogens (tertiary/aromatic N) is 2. The summed E-state index contributed by atoms with van der Waals surface area (Å²) in [6, 6.07) is 6.36. The SMILES string of the molecule is CCn1ncc(CN[C@H]2COc3c(cccc3OC)C2)c1C. The fourth-order valence-corrected chi connectivity index (χ4v) is 2.92. The minimum Gasteiger partial charge on any atom is -0.493 e. The zero-order valence-corrected chi connectivity index (χ0v) is 13.4. The lowest BCUT2D eigenvalue weighted by Crippen LogP contribution is -2.39. The number of hydrogen-bond acceptors (Lipinski definition) is 4. The molecule has 0 fully saturated rings. The molecule has 1 atom stereocenters. The number of ether oxygens (including phenoxy) is 2. The van der Waals surface area contributed by atoms with Gasteiger partial charge < -0.3 is 14.8 Å². The van der Waals surface area contributed by atoms with Gasteiger partial charge in [-0.15, -0.1) is 0 Å². The number of benzene rings is 1. The molecule has 3 rings (SSSR count). The highest BCUT2D eigenvalue weighted by Crippen LogP contribution is 2.34. The first-order valence-corrected chi connectivity index (χ1v) is 7.76. The van der Waals surface area contributed by atoms with E-state index >= 15 is 0 Å². The van der Waals surface area contributed by atoms with Crippen molar-refractivity contribution in [3.63, 3.8) is 0 Å². The van der Waals surface area contributed by atoms with Crippen LogP contribution in [0, 0.1) is 6.92 Å². The Labute approximate surface area is 131 Å². The van der Waals surface area contributed by atoms with Gasteiger partial charge in [0.05, 0.1) is 13.3 Å². The number of nitrogens with one attached hydrogen (secondary N) is 1. The molecule has 118 valence electrons. The van der Waals surface area contributed by atoms with Crippen molar-refractivity contribution in [1.82, 2.24) is 15.1 Å². The predicted molar refractivity (Wildman–Crippen MR) is 85.5 cm³/mol. The molecule has 0 aliphatic carbocycles. The highest BCUT2D eigenvalue weighted by Gasteiger charge is 2.22. The van der Waals surface area contributed by atoms with Crippen LogP contribution in [-0.2, 0) is 19.5 Å². The Morgan fingerprint density at radius 1 is 1.45 bits per heavy atom. The average Bonchev–Trinajstić information content (AvgIpc) is 2.92. The van der Waals surface area contributed by atoms with Crippen LogP contribution in [0.1, 0.15) is 23.7 Å². The molecular formula is C17H23N3O2. The van der Waals surface area contributed by atoms with Crippen LogP contribution in [0.3, 0.4) is 0 Å². The average molecular weight is 301 g/mol. The van der Waals surface area contributed by atoms with Crippen LogP contribution in [0.25, 0.3) is 0 Å². The van der Waals surface area contributed by atoms with Gasteiger partial charge in [-0.1, -0.05) is 12.1 Å². The predicted octanol–water partition coefficient (Wildman–Crippen LogP) is 2.31. The molecule has 0 spiro atoms. The summed E-state index contributed by atoms with van der Waals surface area (Å²) in [5, 5.41) is 7.96. The van der Waals surface area contributed by atoms with E-state index < -0.39 is 0 Å². The van der Waals surface area contributed by atoms with Gasteiger partial charge in [-0.3, -0.25) is 4.68 Å². The lowest BCUT2D eigenvalue weighted by molar-refractivity contribution is 0.226. The summed E-state index contributed by atoms with van der Waals surface area (Å²) in [5.41, 5.74) is 3.68. The lowest BCUT2D eigenvalue weighted by atomic mass is 10.0. The molecule has 0 radical (unpaired) electrons. The fraction of sp³-hybridized carbons (Fsp3) is 0.471. The number of hydrogen-bond donors (Lipinski definition) is 1. The number of methoxy groups -OCH3 is 1. The number of rotatable bonds is 5. The molecule has 1 aromatic carbocycles. The Morgan fingerprint density at radius 2 is 2.32 bits per heavy atom. The third kappa shape index (κ3) is 2.81. The number of para-hydroxylation sites is 1. The number of aryl methyl sites for hydroxylation is 1. The molecule has 1 aromatic heterocycles. The summed E-state index contributed by atoms with van der Waals surface area (Å²) in [5.74, 6) is 1.70. The maximum Gasteiger partial charge on any atom is 0.164 e. The summed E-state index contributed by atoms with van der Waals surface area (Å²) in [4.78, 5) is 0. The molecule has 2 heterocycles. The Balaban J connectivity index is 1.64. The molecule has 5 nitrogen and oxygen atoms in total. The highest BCUT2D eigenvalue weighted by atomic mass is 16.5. The van der Waals surface area contributed by atoms with Crippen LogP contribution in [0.5, 0.6) is 11.5 Å². The second-order valence-electron chi connectivity index (χ2n) is 5.61. The molecule has 2 aromatic rings. The van der Waals surface area contributed by atoms with Crippen molar-refractivity contribution in [2.75, 3.05) is 13.7 Å².